The number of urea groups is 1. The van der Waals surface area contributed by atoms with Crippen molar-refractivity contribution in [2.75, 3.05) is 20.2 Å². The van der Waals surface area contributed by atoms with E-state index in [0.717, 1.165) is 30.6 Å². The van der Waals surface area contributed by atoms with E-state index < -0.39 is 29.9 Å². The van der Waals surface area contributed by atoms with Crippen LogP contribution in [0, 0.1) is 23.7 Å². The van der Waals surface area contributed by atoms with Gasteiger partial charge in [0.25, 0.3) is 0 Å². The van der Waals surface area contributed by atoms with Gasteiger partial charge in [-0.25, -0.2) is 4.79 Å². The normalized spacial score (nSPS) is 33.6. The number of carbonyl (C=O) groups excluding carboxylic acids is 3. The Morgan fingerprint density at radius 3 is 2.62 bits per heavy atom. The topological polar surface area (TPSA) is 151 Å². The summed E-state index contributed by atoms with van der Waals surface area (Å²) in [5, 5.41) is 15.1. The minimum absolute atomic E-state index is 0.0240. The number of nitrogens with zero attached hydrogens (tertiary/aromatic N) is 1. The first kappa shape index (κ1) is 26.4. The van der Waals surface area contributed by atoms with Crippen molar-refractivity contribution < 1.29 is 29.0 Å². The Kier molecular flexibility index (Phi) is 9.30. The number of nitrogens with two attached hydrogens (primary N) is 1. The average Bonchev–Trinajstić information content (AvgIpc) is 2.96. The number of amides is 4. The van der Waals surface area contributed by atoms with Crippen molar-refractivity contribution >= 4 is 23.8 Å². The number of carboxylic acids is 1. The van der Waals surface area contributed by atoms with E-state index in [-0.39, 0.29) is 48.9 Å². The minimum Gasteiger partial charge on any atom is -0.481 e. The van der Waals surface area contributed by atoms with Crippen molar-refractivity contribution in [1.29, 1.82) is 0 Å². The second-order valence-corrected chi connectivity index (χ2v) is 10.1. The maximum absolute atomic E-state index is 13.4. The molecule has 2 aliphatic carbocycles. The molecule has 0 aromatic heterocycles. The van der Waals surface area contributed by atoms with Gasteiger partial charge in [-0.2, -0.15) is 0 Å². The van der Waals surface area contributed by atoms with Gasteiger partial charge in [-0.05, 0) is 56.8 Å². The SMILES string of the molecule is CCC(NC(=O)N1CC(=O)NCC(CC2CCCCC2OC)C1=O)C1CCC(C(=O)O)C(N)C1. The summed E-state index contributed by atoms with van der Waals surface area (Å²) in [6.45, 7) is 1.86. The molecule has 192 valence electrons. The largest absolute Gasteiger partial charge is 0.481 e. The fourth-order valence-corrected chi connectivity index (χ4v) is 6.00. The van der Waals surface area contributed by atoms with E-state index in [4.69, 9.17) is 10.5 Å². The van der Waals surface area contributed by atoms with Crippen LogP contribution in [0.1, 0.15) is 64.7 Å². The fourth-order valence-electron chi connectivity index (χ4n) is 6.00. The van der Waals surface area contributed by atoms with Crippen molar-refractivity contribution in [2.24, 2.45) is 29.4 Å². The summed E-state index contributed by atoms with van der Waals surface area (Å²) in [6, 6.07) is -1.29. The van der Waals surface area contributed by atoms with Gasteiger partial charge in [0.15, 0.2) is 0 Å². The molecule has 3 fully saturated rings. The quantitative estimate of drug-likeness (QED) is 0.431. The number of hydrogen-bond acceptors (Lipinski definition) is 6. The van der Waals surface area contributed by atoms with Crippen LogP contribution < -0.4 is 16.4 Å². The van der Waals surface area contributed by atoms with E-state index in [0.29, 0.717) is 32.1 Å². The molecule has 7 unspecified atom stereocenters. The monoisotopic (exact) mass is 480 g/mol. The number of rotatable bonds is 7. The molecule has 0 aromatic rings. The fraction of sp³-hybridized carbons (Fsp3) is 0.833. The third-order valence-electron chi connectivity index (χ3n) is 8.01. The summed E-state index contributed by atoms with van der Waals surface area (Å²) in [5.41, 5.74) is 6.11. The highest BCUT2D eigenvalue weighted by molar-refractivity contribution is 6.00. The molecule has 1 saturated heterocycles. The standard InChI is InChI=1S/C24H40N4O6/c1-3-19(14-8-9-17(23(31)32)18(25)11-14)27-24(33)28-13-21(29)26-12-16(22(28)30)10-15-6-4-5-7-20(15)34-2/h14-20H,3-13,25H2,1-2H3,(H,26,29)(H,27,33)(H,31,32). The van der Waals surface area contributed by atoms with Crippen molar-refractivity contribution in [2.45, 2.75) is 82.9 Å². The van der Waals surface area contributed by atoms with E-state index in [9.17, 15) is 24.3 Å². The lowest BCUT2D eigenvalue weighted by Crippen LogP contribution is -2.53. The van der Waals surface area contributed by atoms with Crippen LogP contribution in [0.25, 0.3) is 0 Å². The molecular formula is C24H40N4O6. The Bertz CT molecular complexity index is 762. The number of carbonyl (C=O) groups is 4. The predicted molar refractivity (Wildman–Crippen MR) is 125 cm³/mol. The molecule has 0 aromatic carbocycles. The van der Waals surface area contributed by atoms with Crippen molar-refractivity contribution in [1.82, 2.24) is 15.5 Å². The number of carboxylic acid groups (broad SMARTS) is 1. The Labute approximate surface area is 201 Å². The summed E-state index contributed by atoms with van der Waals surface area (Å²) in [5.74, 6) is -2.37. The van der Waals surface area contributed by atoms with Crippen LogP contribution in [0.15, 0.2) is 0 Å². The summed E-state index contributed by atoms with van der Waals surface area (Å²) < 4.78 is 5.63. The Morgan fingerprint density at radius 1 is 1.24 bits per heavy atom. The summed E-state index contributed by atoms with van der Waals surface area (Å²) in [7, 11) is 1.69. The zero-order valence-electron chi connectivity index (χ0n) is 20.3. The Balaban J connectivity index is 1.66. The van der Waals surface area contributed by atoms with Crippen LogP contribution in [0.3, 0.4) is 0 Å². The Morgan fingerprint density at radius 2 is 1.97 bits per heavy atom. The predicted octanol–water partition coefficient (Wildman–Crippen LogP) is 1.47. The van der Waals surface area contributed by atoms with Gasteiger partial charge in [-0.3, -0.25) is 19.3 Å². The molecule has 0 radical (unpaired) electrons. The number of imide groups is 1. The van der Waals surface area contributed by atoms with Crippen molar-refractivity contribution in [3.05, 3.63) is 0 Å². The van der Waals surface area contributed by atoms with Crippen LogP contribution in [-0.2, 0) is 19.1 Å². The molecule has 4 amide bonds. The van der Waals surface area contributed by atoms with Gasteiger partial charge in [0.05, 0.1) is 17.9 Å². The molecule has 0 bridgehead atoms. The number of aliphatic carboxylic acids is 1. The first-order valence-corrected chi connectivity index (χ1v) is 12.6. The highest BCUT2D eigenvalue weighted by Crippen LogP contribution is 2.33. The molecule has 0 spiro atoms. The molecule has 34 heavy (non-hydrogen) atoms. The van der Waals surface area contributed by atoms with Gasteiger partial charge in [0.1, 0.15) is 6.54 Å². The molecule has 3 rings (SSSR count). The molecule has 2 saturated carbocycles. The van der Waals surface area contributed by atoms with Crippen LogP contribution >= 0.6 is 0 Å². The highest BCUT2D eigenvalue weighted by Gasteiger charge is 2.40. The van der Waals surface area contributed by atoms with Crippen LogP contribution in [0.4, 0.5) is 4.79 Å². The van der Waals surface area contributed by atoms with Gasteiger partial charge in [0, 0.05) is 25.7 Å². The minimum atomic E-state index is -0.885. The molecule has 1 heterocycles. The Hall–Kier alpha value is -2.20. The highest BCUT2D eigenvalue weighted by atomic mass is 16.5. The summed E-state index contributed by atoms with van der Waals surface area (Å²) in [6.07, 6.45) is 7.01. The van der Waals surface area contributed by atoms with Gasteiger partial charge in [-0.15, -0.1) is 0 Å². The molecule has 1 aliphatic heterocycles. The van der Waals surface area contributed by atoms with E-state index in [1.807, 2.05) is 6.92 Å². The molecular weight excluding hydrogens is 440 g/mol. The second-order valence-electron chi connectivity index (χ2n) is 10.1. The van der Waals surface area contributed by atoms with Gasteiger partial charge >= 0.3 is 12.0 Å². The lowest BCUT2D eigenvalue weighted by atomic mass is 9.75. The molecule has 3 aliphatic rings. The average molecular weight is 481 g/mol. The van der Waals surface area contributed by atoms with Gasteiger partial charge < -0.3 is 26.2 Å². The third kappa shape index (κ3) is 6.27. The second kappa shape index (κ2) is 12.0. The third-order valence-corrected chi connectivity index (χ3v) is 8.01. The van der Waals surface area contributed by atoms with Gasteiger partial charge in [-0.1, -0.05) is 19.8 Å². The van der Waals surface area contributed by atoms with E-state index in [2.05, 4.69) is 10.6 Å². The first-order valence-electron chi connectivity index (χ1n) is 12.6. The zero-order valence-corrected chi connectivity index (χ0v) is 20.3. The zero-order chi connectivity index (χ0) is 24.8. The number of methoxy groups -OCH3 is 1. The van der Waals surface area contributed by atoms with Gasteiger partial charge in [0.2, 0.25) is 11.8 Å². The first-order chi connectivity index (χ1) is 16.2. The van der Waals surface area contributed by atoms with E-state index >= 15 is 0 Å². The van der Waals surface area contributed by atoms with Crippen molar-refractivity contribution in [3.8, 4) is 0 Å². The molecule has 7 atom stereocenters. The lowest BCUT2D eigenvalue weighted by molar-refractivity contribution is -0.144. The molecule has 10 nitrogen and oxygen atoms in total. The van der Waals surface area contributed by atoms with Crippen molar-refractivity contribution in [3.63, 3.8) is 0 Å². The number of hydrogen-bond donors (Lipinski definition) is 4. The molecule has 5 N–H and O–H groups in total. The smallest absolute Gasteiger partial charge is 0.324 e. The van der Waals surface area contributed by atoms with Crippen LogP contribution in [-0.4, -0.2) is 72.2 Å². The number of nitrogens with one attached hydrogen (secondary N) is 2. The molecule has 10 heteroatoms. The maximum Gasteiger partial charge on any atom is 0.324 e. The lowest BCUT2D eigenvalue weighted by Gasteiger charge is -2.37. The van der Waals surface area contributed by atoms with E-state index in [1.165, 1.54) is 0 Å². The summed E-state index contributed by atoms with van der Waals surface area (Å²) in [4.78, 5) is 51.3. The van der Waals surface area contributed by atoms with Crippen LogP contribution in [0.2, 0.25) is 0 Å². The van der Waals surface area contributed by atoms with E-state index in [1.54, 1.807) is 7.11 Å². The maximum atomic E-state index is 13.4. The number of ether oxygens (including phenoxy) is 1. The van der Waals surface area contributed by atoms with Crippen LogP contribution in [0.5, 0.6) is 0 Å². The summed E-state index contributed by atoms with van der Waals surface area (Å²) >= 11 is 0.